The Morgan fingerprint density at radius 2 is 1.00 bits per heavy atom. The maximum absolute atomic E-state index is 12.6. The summed E-state index contributed by atoms with van der Waals surface area (Å²) in [5.74, 6) is -0.873. The van der Waals surface area contributed by atoms with E-state index >= 15 is 0 Å². The smallest absolute Gasteiger partial charge is 0.462 e. The predicted octanol–water partition coefficient (Wildman–Crippen LogP) is 12.7. The zero-order valence-corrected chi connectivity index (χ0v) is 36.0. The number of ether oxygens (including phenoxy) is 2. The molecule has 0 saturated heterocycles. The second-order valence-electron chi connectivity index (χ2n) is 14.5. The van der Waals surface area contributed by atoms with Crippen molar-refractivity contribution in [2.75, 3.05) is 26.4 Å². The van der Waals surface area contributed by atoms with Gasteiger partial charge in [-0.05, 0) is 51.4 Å². The van der Waals surface area contributed by atoms with E-state index in [1.54, 1.807) is 0 Å². The lowest BCUT2D eigenvalue weighted by atomic mass is 10.0. The summed E-state index contributed by atoms with van der Waals surface area (Å²) < 4.78 is 32.7. The maximum atomic E-state index is 12.6. The van der Waals surface area contributed by atoms with Crippen LogP contribution in [0.25, 0.3) is 0 Å². The molecule has 0 heterocycles. The molecule has 0 aliphatic rings. The molecular weight excluding hydrogens is 713 g/mol. The lowest BCUT2D eigenvalue weighted by molar-refractivity contribution is -0.161. The van der Waals surface area contributed by atoms with Gasteiger partial charge in [-0.15, -0.1) is 0 Å². The van der Waals surface area contributed by atoms with E-state index in [4.69, 9.17) is 24.3 Å². The van der Waals surface area contributed by atoms with E-state index < -0.39 is 32.5 Å². The van der Waals surface area contributed by atoms with Crippen molar-refractivity contribution in [1.82, 2.24) is 0 Å². The van der Waals surface area contributed by atoms with Crippen molar-refractivity contribution in [3.63, 3.8) is 0 Å². The van der Waals surface area contributed by atoms with Gasteiger partial charge in [-0.3, -0.25) is 18.6 Å². The molecule has 55 heavy (non-hydrogen) atoms. The molecule has 0 radical (unpaired) electrons. The average Bonchev–Trinajstić information content (AvgIpc) is 3.17. The number of esters is 2. The standard InChI is InChI=1S/C45H82NO8P/c1-3-5-7-9-11-13-15-17-19-20-21-22-24-25-27-29-31-33-35-37-44(47)51-41-43(42-53-55(49,50)52-40-39-46)54-45(48)38-36-34-32-30-28-26-23-18-16-14-12-10-8-6-4-2/h6,8,12,14,18,23,28,30,43H,3-5,7,9-11,13,15-17,19-22,24-27,29,31-42,46H2,1-2H3,(H,49,50)/b8-6-,14-12-,23-18-,30-28-/t43-/m1/s1. The minimum Gasteiger partial charge on any atom is -0.462 e. The van der Waals surface area contributed by atoms with Crippen molar-refractivity contribution in [3.8, 4) is 0 Å². The van der Waals surface area contributed by atoms with Crippen LogP contribution in [0.2, 0.25) is 0 Å². The van der Waals surface area contributed by atoms with E-state index in [-0.39, 0.29) is 32.6 Å². The first-order chi connectivity index (χ1) is 26.8. The summed E-state index contributed by atoms with van der Waals surface area (Å²) in [6, 6.07) is 0. The van der Waals surface area contributed by atoms with E-state index in [2.05, 4.69) is 62.5 Å². The molecule has 0 aromatic heterocycles. The van der Waals surface area contributed by atoms with E-state index in [9.17, 15) is 19.0 Å². The van der Waals surface area contributed by atoms with Crippen LogP contribution in [0.1, 0.15) is 194 Å². The van der Waals surface area contributed by atoms with E-state index in [1.165, 1.54) is 103 Å². The Hall–Kier alpha value is -2.03. The third-order valence-corrected chi connectivity index (χ3v) is 10.2. The normalized spacial score (nSPS) is 13.7. The molecule has 9 nitrogen and oxygen atoms in total. The molecule has 0 amide bonds. The molecule has 0 aliphatic heterocycles. The molecule has 0 saturated carbocycles. The highest BCUT2D eigenvalue weighted by atomic mass is 31.2. The number of allylic oxidation sites excluding steroid dienone is 8. The molecule has 1 unspecified atom stereocenters. The van der Waals surface area contributed by atoms with Crippen LogP contribution in [0.3, 0.4) is 0 Å². The third kappa shape index (κ3) is 41.4. The van der Waals surface area contributed by atoms with Crippen molar-refractivity contribution < 1.29 is 37.6 Å². The summed E-state index contributed by atoms with van der Waals surface area (Å²) in [5.41, 5.74) is 5.34. The van der Waals surface area contributed by atoms with Gasteiger partial charge in [0.25, 0.3) is 0 Å². The first-order valence-electron chi connectivity index (χ1n) is 22.1. The predicted molar refractivity (Wildman–Crippen MR) is 229 cm³/mol. The largest absolute Gasteiger partial charge is 0.472 e. The van der Waals surface area contributed by atoms with Crippen LogP contribution in [0.4, 0.5) is 0 Å². The Labute approximate surface area is 336 Å². The lowest BCUT2D eigenvalue weighted by Gasteiger charge is -2.19. The minimum absolute atomic E-state index is 0.0460. The first kappa shape index (κ1) is 53.0. The number of hydrogen-bond donors (Lipinski definition) is 2. The fraction of sp³-hybridized carbons (Fsp3) is 0.778. The Kier molecular flexibility index (Phi) is 40.1. The van der Waals surface area contributed by atoms with Gasteiger partial charge < -0.3 is 20.1 Å². The lowest BCUT2D eigenvalue weighted by Crippen LogP contribution is -2.29. The van der Waals surface area contributed by atoms with Gasteiger partial charge in [0, 0.05) is 19.4 Å². The Morgan fingerprint density at radius 3 is 1.49 bits per heavy atom. The Bertz CT molecular complexity index is 1040. The zero-order valence-electron chi connectivity index (χ0n) is 35.2. The summed E-state index contributed by atoms with van der Waals surface area (Å²) in [6.07, 6.45) is 47.2. The highest BCUT2D eigenvalue weighted by molar-refractivity contribution is 7.47. The molecule has 0 bridgehead atoms. The number of unbranched alkanes of at least 4 members (excludes halogenated alkanes) is 20. The number of phosphoric acid groups is 1. The van der Waals surface area contributed by atoms with Crippen molar-refractivity contribution in [1.29, 1.82) is 0 Å². The number of hydrogen-bond acceptors (Lipinski definition) is 8. The topological polar surface area (TPSA) is 134 Å². The maximum Gasteiger partial charge on any atom is 0.472 e. The Balaban J connectivity index is 4.15. The zero-order chi connectivity index (χ0) is 40.3. The molecule has 0 aromatic rings. The van der Waals surface area contributed by atoms with E-state index in [0.717, 1.165) is 57.8 Å². The van der Waals surface area contributed by atoms with Gasteiger partial charge in [0.15, 0.2) is 6.10 Å². The third-order valence-electron chi connectivity index (χ3n) is 9.23. The molecule has 320 valence electrons. The second kappa shape index (κ2) is 41.6. The minimum atomic E-state index is -4.39. The summed E-state index contributed by atoms with van der Waals surface area (Å²) in [6.45, 7) is 3.58. The van der Waals surface area contributed by atoms with Crippen LogP contribution in [-0.2, 0) is 32.7 Å². The number of carbonyl (C=O) groups excluding carboxylic acids is 2. The van der Waals surface area contributed by atoms with Crippen molar-refractivity contribution >= 4 is 19.8 Å². The number of nitrogens with two attached hydrogens (primary N) is 1. The van der Waals surface area contributed by atoms with Crippen LogP contribution in [0.5, 0.6) is 0 Å². The molecular formula is C45H82NO8P. The fourth-order valence-corrected chi connectivity index (χ4v) is 6.74. The summed E-state index contributed by atoms with van der Waals surface area (Å²) >= 11 is 0. The fourth-order valence-electron chi connectivity index (χ4n) is 5.98. The summed E-state index contributed by atoms with van der Waals surface area (Å²) in [7, 11) is -4.39. The van der Waals surface area contributed by atoms with Crippen LogP contribution >= 0.6 is 7.82 Å². The molecule has 10 heteroatoms. The van der Waals surface area contributed by atoms with Crippen molar-refractivity contribution in [2.45, 2.75) is 200 Å². The van der Waals surface area contributed by atoms with Gasteiger partial charge in [-0.25, -0.2) is 4.57 Å². The van der Waals surface area contributed by atoms with Crippen molar-refractivity contribution in [3.05, 3.63) is 48.6 Å². The SMILES string of the molecule is CC/C=C\C/C=C\C/C=C\C/C=C\CCCCC(=O)O[C@H](COC(=O)CCCCCCCCCCCCCCCCCCCCC)COP(=O)(O)OCCN. The Morgan fingerprint density at radius 1 is 0.564 bits per heavy atom. The van der Waals surface area contributed by atoms with Crippen molar-refractivity contribution in [2.24, 2.45) is 5.73 Å². The van der Waals surface area contributed by atoms with E-state index in [0.29, 0.717) is 6.42 Å². The van der Waals surface area contributed by atoms with Crippen LogP contribution in [0, 0.1) is 0 Å². The highest BCUT2D eigenvalue weighted by Crippen LogP contribution is 2.43. The number of carbonyl (C=O) groups is 2. The molecule has 0 fully saturated rings. The van der Waals surface area contributed by atoms with E-state index in [1.807, 2.05) is 0 Å². The van der Waals surface area contributed by atoms with Gasteiger partial charge in [0.2, 0.25) is 0 Å². The van der Waals surface area contributed by atoms with Gasteiger partial charge >= 0.3 is 19.8 Å². The molecule has 0 aliphatic carbocycles. The first-order valence-corrected chi connectivity index (χ1v) is 23.6. The summed E-state index contributed by atoms with van der Waals surface area (Å²) in [5, 5.41) is 0. The van der Waals surface area contributed by atoms with Gasteiger partial charge in [-0.1, -0.05) is 178 Å². The molecule has 2 atom stereocenters. The molecule has 0 aromatic carbocycles. The van der Waals surface area contributed by atoms with Gasteiger partial charge in [0.1, 0.15) is 6.61 Å². The van der Waals surface area contributed by atoms with Gasteiger partial charge in [0.05, 0.1) is 13.2 Å². The monoisotopic (exact) mass is 796 g/mol. The molecule has 0 spiro atoms. The second-order valence-corrected chi connectivity index (χ2v) is 16.0. The van der Waals surface area contributed by atoms with Crippen LogP contribution < -0.4 is 5.73 Å². The number of phosphoric ester groups is 1. The molecule has 0 rings (SSSR count). The number of rotatable bonds is 41. The van der Waals surface area contributed by atoms with Gasteiger partial charge in [-0.2, -0.15) is 0 Å². The average molecular weight is 796 g/mol. The van der Waals surface area contributed by atoms with Crippen LogP contribution in [-0.4, -0.2) is 49.3 Å². The van der Waals surface area contributed by atoms with Crippen LogP contribution in [0.15, 0.2) is 48.6 Å². The highest BCUT2D eigenvalue weighted by Gasteiger charge is 2.26. The molecule has 3 N–H and O–H groups in total. The summed E-state index contributed by atoms with van der Waals surface area (Å²) in [4.78, 5) is 34.9. The quantitative estimate of drug-likeness (QED) is 0.0268.